The van der Waals surface area contributed by atoms with Crippen LogP contribution in [0, 0.1) is 6.92 Å². The molecule has 3 aromatic heterocycles. The molecule has 11 heteroatoms. The number of aryl methyl sites for hydroxylation is 1. The zero-order valence-electron chi connectivity index (χ0n) is 19.2. The third kappa shape index (κ3) is 4.97. The van der Waals surface area contributed by atoms with E-state index in [1.807, 2.05) is 13.0 Å². The Morgan fingerprint density at radius 1 is 1.06 bits per heavy atom. The van der Waals surface area contributed by atoms with Gasteiger partial charge in [-0.1, -0.05) is 23.2 Å². The predicted octanol–water partition coefficient (Wildman–Crippen LogP) is 3.81. The van der Waals surface area contributed by atoms with Crippen molar-refractivity contribution in [2.45, 2.75) is 38.7 Å². The Balaban J connectivity index is 1.28. The maximum Gasteiger partial charge on any atom is 0.260 e. The van der Waals surface area contributed by atoms with Crippen molar-refractivity contribution in [1.29, 1.82) is 0 Å². The monoisotopic (exact) mass is 514 g/mol. The Bertz CT molecular complexity index is 1310. The molecule has 5 rings (SSSR count). The van der Waals surface area contributed by atoms with E-state index in [0.29, 0.717) is 46.2 Å². The summed E-state index contributed by atoms with van der Waals surface area (Å²) in [6.07, 6.45) is 7.47. The maximum atomic E-state index is 12.9. The molecule has 0 aliphatic carbocycles. The summed E-state index contributed by atoms with van der Waals surface area (Å²) < 4.78 is 7.47. The first-order valence-corrected chi connectivity index (χ1v) is 12.2. The number of ether oxygens (including phenoxy) is 1. The number of pyridine rings is 2. The number of aromatic nitrogens is 4. The minimum atomic E-state index is -0.298. The molecule has 1 amide bonds. The SMILES string of the molecule is Cc1nc(-n2cc(Cl)c(OC3CCN(c4ncc(Cl)cn4)CC3)cc2=O)ccc1N1CCCC1=O. The second-order valence-electron chi connectivity index (χ2n) is 8.62. The summed E-state index contributed by atoms with van der Waals surface area (Å²) in [7, 11) is 0. The molecule has 0 N–H and O–H groups in total. The van der Waals surface area contributed by atoms with Gasteiger partial charge in [-0.05, 0) is 25.5 Å². The standard InChI is InChI=1S/C24H24Cl2N6O3/c1-15-19(31-8-2-3-22(31)33)4-5-21(29-15)32-14-18(26)20(11-23(32)34)35-17-6-9-30(10-7-17)24-27-12-16(25)13-28-24/h4-5,11-14,17H,2-3,6-10H2,1H3. The van der Waals surface area contributed by atoms with E-state index < -0.39 is 0 Å². The summed E-state index contributed by atoms with van der Waals surface area (Å²) in [5.41, 5.74) is 1.15. The van der Waals surface area contributed by atoms with Crippen LogP contribution in [-0.4, -0.2) is 51.2 Å². The van der Waals surface area contributed by atoms with Gasteiger partial charge in [0.2, 0.25) is 11.9 Å². The summed E-state index contributed by atoms with van der Waals surface area (Å²) in [6.45, 7) is 3.95. The van der Waals surface area contributed by atoms with Crippen molar-refractivity contribution in [1.82, 2.24) is 19.5 Å². The van der Waals surface area contributed by atoms with Gasteiger partial charge < -0.3 is 14.5 Å². The molecule has 0 atom stereocenters. The van der Waals surface area contributed by atoms with E-state index in [9.17, 15) is 9.59 Å². The van der Waals surface area contributed by atoms with Gasteiger partial charge in [0.15, 0.2) is 0 Å². The van der Waals surface area contributed by atoms with Crippen molar-refractivity contribution < 1.29 is 9.53 Å². The van der Waals surface area contributed by atoms with Gasteiger partial charge in [0.25, 0.3) is 5.56 Å². The highest BCUT2D eigenvalue weighted by Gasteiger charge is 2.25. The van der Waals surface area contributed by atoms with Crippen LogP contribution in [0.25, 0.3) is 5.82 Å². The van der Waals surface area contributed by atoms with Crippen LogP contribution in [0.5, 0.6) is 5.75 Å². The molecular weight excluding hydrogens is 491 g/mol. The van der Waals surface area contributed by atoms with Gasteiger partial charge in [-0.2, -0.15) is 0 Å². The van der Waals surface area contributed by atoms with E-state index >= 15 is 0 Å². The lowest BCUT2D eigenvalue weighted by molar-refractivity contribution is -0.117. The van der Waals surface area contributed by atoms with Gasteiger partial charge in [0, 0.05) is 51.2 Å². The quantitative estimate of drug-likeness (QED) is 0.510. The van der Waals surface area contributed by atoms with Crippen LogP contribution in [-0.2, 0) is 4.79 Å². The molecule has 0 radical (unpaired) electrons. The number of hydrogen-bond donors (Lipinski definition) is 0. The number of carbonyl (C=O) groups excluding carboxylic acids is 1. The lowest BCUT2D eigenvalue weighted by Crippen LogP contribution is -2.39. The molecule has 2 saturated heterocycles. The minimum Gasteiger partial charge on any atom is -0.488 e. The molecule has 2 aliphatic heterocycles. The number of hydrogen-bond acceptors (Lipinski definition) is 7. The van der Waals surface area contributed by atoms with Gasteiger partial charge in [0.05, 0.1) is 33.8 Å². The Morgan fingerprint density at radius 2 is 1.80 bits per heavy atom. The molecule has 5 heterocycles. The third-order valence-electron chi connectivity index (χ3n) is 6.25. The summed E-state index contributed by atoms with van der Waals surface area (Å²) in [4.78, 5) is 41.9. The Hall–Kier alpha value is -3.17. The summed E-state index contributed by atoms with van der Waals surface area (Å²) >= 11 is 12.4. The first-order valence-electron chi connectivity index (χ1n) is 11.5. The van der Waals surface area contributed by atoms with E-state index in [2.05, 4.69) is 19.9 Å². The van der Waals surface area contributed by atoms with E-state index in [1.54, 1.807) is 23.4 Å². The molecule has 35 heavy (non-hydrogen) atoms. The topological polar surface area (TPSA) is 93.4 Å². The van der Waals surface area contributed by atoms with Gasteiger partial charge in [-0.15, -0.1) is 0 Å². The highest BCUT2D eigenvalue weighted by atomic mass is 35.5. The zero-order chi connectivity index (χ0) is 24.5. The van der Waals surface area contributed by atoms with Crippen LogP contribution in [0.3, 0.4) is 0 Å². The van der Waals surface area contributed by atoms with Crippen LogP contribution in [0.4, 0.5) is 11.6 Å². The fourth-order valence-corrected chi connectivity index (χ4v) is 4.74. The Morgan fingerprint density at radius 3 is 2.46 bits per heavy atom. The summed E-state index contributed by atoms with van der Waals surface area (Å²) in [6, 6.07) is 4.94. The van der Waals surface area contributed by atoms with E-state index in [1.165, 1.54) is 16.8 Å². The highest BCUT2D eigenvalue weighted by molar-refractivity contribution is 6.32. The number of piperidine rings is 1. The van der Waals surface area contributed by atoms with Crippen molar-refractivity contribution in [2.75, 3.05) is 29.4 Å². The molecule has 2 aliphatic rings. The molecule has 0 spiro atoms. The lowest BCUT2D eigenvalue weighted by Gasteiger charge is -2.32. The molecule has 0 saturated carbocycles. The fraction of sp³-hybridized carbons (Fsp3) is 0.375. The second-order valence-corrected chi connectivity index (χ2v) is 9.47. The van der Waals surface area contributed by atoms with Crippen molar-refractivity contribution in [3.05, 3.63) is 62.9 Å². The molecule has 182 valence electrons. The molecule has 0 unspecified atom stereocenters. The molecule has 2 fully saturated rings. The van der Waals surface area contributed by atoms with Crippen molar-refractivity contribution in [3.8, 4) is 11.6 Å². The number of halogens is 2. The Kier molecular flexibility index (Phi) is 6.62. The molecule has 0 aromatic carbocycles. The van der Waals surface area contributed by atoms with Gasteiger partial charge in [-0.3, -0.25) is 14.2 Å². The van der Waals surface area contributed by atoms with E-state index in [4.69, 9.17) is 27.9 Å². The fourth-order valence-electron chi connectivity index (χ4n) is 4.45. The smallest absolute Gasteiger partial charge is 0.260 e. The van der Waals surface area contributed by atoms with Crippen LogP contribution < -0.4 is 20.1 Å². The number of rotatable bonds is 5. The summed E-state index contributed by atoms with van der Waals surface area (Å²) in [5, 5.41) is 0.825. The lowest BCUT2D eigenvalue weighted by atomic mass is 10.1. The van der Waals surface area contributed by atoms with Gasteiger partial charge in [0.1, 0.15) is 17.7 Å². The molecule has 0 bridgehead atoms. The van der Waals surface area contributed by atoms with Crippen molar-refractivity contribution in [2.24, 2.45) is 0 Å². The summed E-state index contributed by atoms with van der Waals surface area (Å²) in [5.74, 6) is 1.52. The van der Waals surface area contributed by atoms with Crippen LogP contribution in [0.1, 0.15) is 31.4 Å². The zero-order valence-corrected chi connectivity index (χ0v) is 20.7. The minimum absolute atomic E-state index is 0.0797. The number of nitrogens with zero attached hydrogens (tertiary/aromatic N) is 6. The number of anilines is 2. The predicted molar refractivity (Wildman–Crippen MR) is 134 cm³/mol. The second kappa shape index (κ2) is 9.83. The normalized spacial score (nSPS) is 16.7. The molecule has 3 aromatic rings. The number of amides is 1. The van der Waals surface area contributed by atoms with Crippen LogP contribution >= 0.6 is 23.2 Å². The maximum absolute atomic E-state index is 12.9. The van der Waals surface area contributed by atoms with Crippen molar-refractivity contribution >= 4 is 40.7 Å². The average Bonchev–Trinajstić information content (AvgIpc) is 3.27. The Labute approximate surface area is 212 Å². The number of carbonyl (C=O) groups is 1. The van der Waals surface area contributed by atoms with Gasteiger partial charge >= 0.3 is 0 Å². The average molecular weight is 515 g/mol. The van der Waals surface area contributed by atoms with Crippen LogP contribution in [0.15, 0.2) is 41.6 Å². The highest BCUT2D eigenvalue weighted by Crippen LogP contribution is 2.28. The molecular formula is C24H24Cl2N6O3. The van der Waals surface area contributed by atoms with E-state index in [-0.39, 0.29) is 17.6 Å². The first kappa shape index (κ1) is 23.6. The van der Waals surface area contributed by atoms with Crippen molar-refractivity contribution in [3.63, 3.8) is 0 Å². The van der Waals surface area contributed by atoms with Crippen LogP contribution in [0.2, 0.25) is 10.0 Å². The van der Waals surface area contributed by atoms with Gasteiger partial charge in [-0.25, -0.2) is 15.0 Å². The van der Waals surface area contributed by atoms with E-state index in [0.717, 1.165) is 38.0 Å². The largest absolute Gasteiger partial charge is 0.488 e. The third-order valence-corrected chi connectivity index (χ3v) is 6.73. The molecule has 9 nitrogen and oxygen atoms in total. The first-order chi connectivity index (χ1) is 16.9.